The first-order chi connectivity index (χ1) is 13.3. The molecule has 3 rings (SSSR count). The van der Waals surface area contributed by atoms with Crippen LogP contribution in [-0.2, 0) is 18.7 Å². The number of halogens is 2. The van der Waals surface area contributed by atoms with Crippen LogP contribution in [0.25, 0.3) is 11.1 Å². The molecule has 2 nitrogen and oxygen atoms in total. The van der Waals surface area contributed by atoms with Crippen molar-refractivity contribution < 1.29 is 18.7 Å². The molecule has 1 aliphatic rings. The van der Waals surface area contributed by atoms with Crippen LogP contribution < -0.4 is 3.80 Å². The van der Waals surface area contributed by atoms with Gasteiger partial charge in [0.1, 0.15) is 0 Å². The van der Waals surface area contributed by atoms with E-state index in [0.717, 1.165) is 13.0 Å². The van der Waals surface area contributed by atoms with Gasteiger partial charge in [-0.2, -0.15) is 0 Å². The molecule has 1 N–H and O–H groups in total. The summed E-state index contributed by atoms with van der Waals surface area (Å²) in [5, 5.41) is 2.64. The van der Waals surface area contributed by atoms with E-state index in [2.05, 4.69) is 106 Å². The Balaban J connectivity index is 0.00000240. The normalized spacial score (nSPS) is 14.3. The second kappa shape index (κ2) is 10.1. The van der Waals surface area contributed by atoms with Crippen LogP contribution in [-0.4, -0.2) is 28.1 Å². The molecule has 0 saturated heterocycles. The van der Waals surface area contributed by atoms with Gasteiger partial charge in [0, 0.05) is 0 Å². The van der Waals surface area contributed by atoms with Crippen molar-refractivity contribution >= 4 is 40.8 Å². The van der Waals surface area contributed by atoms with Crippen LogP contribution in [0.5, 0.6) is 0 Å². The molecule has 174 valence electrons. The first kappa shape index (κ1) is 29.1. The molecule has 0 aliphatic heterocycles. The summed E-state index contributed by atoms with van der Waals surface area (Å²) in [5.41, 5.74) is 6.04. The molecule has 0 spiro atoms. The summed E-state index contributed by atoms with van der Waals surface area (Å²) < 4.78 is 12.3. The van der Waals surface area contributed by atoms with Crippen molar-refractivity contribution in [2.45, 2.75) is 66.5 Å². The van der Waals surface area contributed by atoms with Crippen molar-refractivity contribution in [3.8, 4) is 11.1 Å². The molecule has 0 amide bonds. The van der Waals surface area contributed by atoms with Crippen molar-refractivity contribution in [2.24, 2.45) is 0 Å². The van der Waals surface area contributed by atoms with Gasteiger partial charge in [0.15, 0.2) is 0 Å². The fourth-order valence-electron chi connectivity index (χ4n) is 5.41. The zero-order valence-corrected chi connectivity index (χ0v) is 25.9. The molecule has 0 heterocycles. The van der Waals surface area contributed by atoms with E-state index in [0.29, 0.717) is 4.22 Å². The average Bonchev–Trinajstić information content (AvgIpc) is 2.92. The van der Waals surface area contributed by atoms with E-state index in [4.69, 9.17) is 4.43 Å². The Morgan fingerprint density at radius 2 is 1.39 bits per heavy atom. The number of nitrogens with one attached hydrogen (secondary N) is 1. The van der Waals surface area contributed by atoms with Crippen LogP contribution in [0, 0.1) is 0 Å². The Hall–Kier alpha value is 0.0881. The monoisotopic (exact) mass is 533 g/mol. The maximum Gasteiger partial charge on any atom is -0.147 e. The van der Waals surface area contributed by atoms with Crippen LogP contribution in [0.2, 0.25) is 29.6 Å². The molecule has 0 fully saturated rings. The van der Waals surface area contributed by atoms with Gasteiger partial charge in [-0.05, 0) is 0 Å². The van der Waals surface area contributed by atoms with E-state index in [1.807, 2.05) is 0 Å². The van der Waals surface area contributed by atoms with E-state index in [1.165, 1.54) is 27.0 Å². The summed E-state index contributed by atoms with van der Waals surface area (Å²) in [6, 6.07) is 18.2. The summed E-state index contributed by atoms with van der Waals surface area (Å²) in [7, 11) is 0.878. The van der Waals surface area contributed by atoms with E-state index in [-0.39, 0.29) is 30.4 Å². The SMILES string of the molecule is CC(C)(C)[NH][Ti]([CH3])(=[SiH2])([CH2]CCO[Si](C)(C)C)[CH]1c2ccccc2-c2ccccc21.Cl.Cl. The van der Waals surface area contributed by atoms with Gasteiger partial charge in [-0.15, -0.1) is 24.8 Å². The van der Waals surface area contributed by atoms with Crippen molar-refractivity contribution in [3.05, 3.63) is 59.7 Å². The minimum atomic E-state index is -3.21. The fourth-order valence-corrected chi connectivity index (χ4v) is 20.9. The number of benzene rings is 2. The minimum Gasteiger partial charge on any atom is -0.147 e. The molecule has 2 aromatic carbocycles. The Morgan fingerprint density at radius 1 is 0.935 bits per heavy atom. The molecular weight excluding hydrogens is 493 g/mol. The summed E-state index contributed by atoms with van der Waals surface area (Å²) in [6.45, 7) is 14.7. The van der Waals surface area contributed by atoms with Gasteiger partial charge < -0.3 is 0 Å². The van der Waals surface area contributed by atoms with Gasteiger partial charge in [-0.1, -0.05) is 0 Å². The summed E-state index contributed by atoms with van der Waals surface area (Å²) >= 11 is -3.21. The molecule has 0 unspecified atom stereocenters. The van der Waals surface area contributed by atoms with E-state index in [1.54, 1.807) is 0 Å². The number of fused-ring (bicyclic) bond motifs is 3. The maximum atomic E-state index is 6.25. The topological polar surface area (TPSA) is 21.3 Å². The summed E-state index contributed by atoms with van der Waals surface area (Å²) in [5.74, 6) is 0. The molecule has 1 aliphatic carbocycles. The first-order valence-corrected chi connectivity index (χ1v) is 22.7. The van der Waals surface area contributed by atoms with Gasteiger partial charge in [0.05, 0.1) is 0 Å². The Labute approximate surface area is 206 Å². The summed E-state index contributed by atoms with van der Waals surface area (Å²) in [4.78, 5) is 0. The molecule has 31 heavy (non-hydrogen) atoms. The smallest absolute Gasteiger partial charge is 0.147 e. The number of hydrogen-bond acceptors (Lipinski definition) is 2. The van der Waals surface area contributed by atoms with Crippen molar-refractivity contribution in [1.29, 1.82) is 0 Å². The Bertz CT molecular complexity index is 923. The zero-order chi connectivity index (χ0) is 21.5. The minimum absolute atomic E-state index is 0. The third-order valence-corrected chi connectivity index (χ3v) is 19.6. The fraction of sp³-hybridized carbons (Fsp3) is 0.500. The van der Waals surface area contributed by atoms with Gasteiger partial charge in [0.2, 0.25) is 0 Å². The Morgan fingerprint density at radius 3 is 1.81 bits per heavy atom. The number of hydrogen-bond donors (Lipinski definition) is 1. The maximum absolute atomic E-state index is 6.25. The van der Waals surface area contributed by atoms with Crippen molar-refractivity contribution in [1.82, 2.24) is 3.80 Å². The van der Waals surface area contributed by atoms with Crippen molar-refractivity contribution in [2.75, 3.05) is 6.61 Å². The second-order valence-electron chi connectivity index (χ2n) is 11.4. The van der Waals surface area contributed by atoms with Gasteiger partial charge >= 0.3 is 182 Å². The van der Waals surface area contributed by atoms with Crippen LogP contribution in [0.4, 0.5) is 0 Å². The third kappa shape index (κ3) is 6.80. The zero-order valence-electron chi connectivity index (χ0n) is 20.2. The summed E-state index contributed by atoms with van der Waals surface area (Å²) in [6.07, 6.45) is 1.14. The van der Waals surface area contributed by atoms with Gasteiger partial charge in [-0.25, -0.2) is 0 Å². The van der Waals surface area contributed by atoms with E-state index >= 15 is 0 Å². The quantitative estimate of drug-likeness (QED) is 0.310. The van der Waals surface area contributed by atoms with Gasteiger partial charge in [-0.3, -0.25) is 0 Å². The van der Waals surface area contributed by atoms with Crippen LogP contribution in [0.15, 0.2) is 48.5 Å². The van der Waals surface area contributed by atoms with Crippen LogP contribution in [0.3, 0.4) is 0 Å². The molecule has 0 atom stereocenters. The van der Waals surface area contributed by atoms with Crippen LogP contribution in [0.1, 0.15) is 42.5 Å². The molecule has 0 saturated carbocycles. The van der Waals surface area contributed by atoms with E-state index in [9.17, 15) is 0 Å². The largest absolute Gasteiger partial charge is 0.147 e. The molecule has 7 heteroatoms. The standard InChI is InChI=1S/C13H9.C6H15OSi.C4H10N.CH3.2ClH.H2Si.Ti/c1-3-7-12-10(5-1)9-11-6-2-4-8-13(11)12;1-5-6-7-8(2,3)4;1-4(2,3)5;;;;;/h1-9H;1,5-6H2,2-4H3;5H,1-3H3;1H3;2*1H;1H2;/q;;-1;;;;;+1. The first-order valence-electron chi connectivity index (χ1n) is 11.0. The predicted molar refractivity (Wildman–Crippen MR) is 144 cm³/mol. The predicted octanol–water partition coefficient (Wildman–Crippen LogP) is 6.85. The molecule has 0 bridgehead atoms. The number of rotatable bonds is 7. The molecule has 0 radical (unpaired) electrons. The van der Waals surface area contributed by atoms with Crippen LogP contribution >= 0.6 is 24.8 Å². The van der Waals surface area contributed by atoms with Gasteiger partial charge in [0.25, 0.3) is 0 Å². The Kier molecular flexibility index (Phi) is 9.53. The average molecular weight is 535 g/mol. The molecule has 0 aromatic heterocycles. The second-order valence-corrected chi connectivity index (χ2v) is 33.7. The van der Waals surface area contributed by atoms with Crippen molar-refractivity contribution in [3.63, 3.8) is 0 Å². The molecular formula is C24H41Cl2NOSi2Ti. The van der Waals surface area contributed by atoms with E-state index < -0.39 is 22.6 Å². The third-order valence-electron chi connectivity index (χ3n) is 5.98. The molecule has 2 aromatic rings.